The molecule has 0 unspecified atom stereocenters. The van der Waals surface area contributed by atoms with Gasteiger partial charge in [0.05, 0.1) is 0 Å². The van der Waals surface area contributed by atoms with Crippen LogP contribution in [-0.2, 0) is 19.2 Å². The number of amides is 3. The molecule has 0 aliphatic carbocycles. The summed E-state index contributed by atoms with van der Waals surface area (Å²) < 4.78 is 0. The fraction of sp³-hybridized carbons (Fsp3) is 0.714. The summed E-state index contributed by atoms with van der Waals surface area (Å²) in [6, 6.07) is -2.74. The molecule has 0 aliphatic rings. The van der Waals surface area contributed by atoms with Crippen LogP contribution in [0.2, 0.25) is 0 Å². The maximum atomic E-state index is 12.2. The number of carbonyl (C=O) groups is 4. The van der Waals surface area contributed by atoms with Gasteiger partial charge in [0.1, 0.15) is 18.1 Å². The summed E-state index contributed by atoms with van der Waals surface area (Å²) in [6.45, 7) is 4.54. The minimum absolute atomic E-state index is 0.352. The number of nitrogens with two attached hydrogens (primary N) is 1. The van der Waals surface area contributed by atoms with Gasteiger partial charge in [-0.3, -0.25) is 19.2 Å². The van der Waals surface area contributed by atoms with Crippen LogP contribution in [0.3, 0.4) is 0 Å². The maximum absolute atomic E-state index is 12.2. The van der Waals surface area contributed by atoms with Gasteiger partial charge in [-0.25, -0.2) is 0 Å². The Morgan fingerprint density at radius 2 is 1.52 bits per heavy atom. The molecule has 0 heterocycles. The van der Waals surface area contributed by atoms with E-state index in [-0.39, 0.29) is 5.91 Å². The van der Waals surface area contributed by atoms with Crippen LogP contribution in [-0.4, -0.2) is 53.5 Å². The Balaban J connectivity index is 4.59. The van der Waals surface area contributed by atoms with E-state index in [1.54, 1.807) is 0 Å². The van der Waals surface area contributed by atoms with Crippen molar-refractivity contribution in [1.82, 2.24) is 16.0 Å². The van der Waals surface area contributed by atoms with Crippen molar-refractivity contribution in [3.63, 3.8) is 0 Å². The molecule has 6 N–H and O–H groups in total. The fourth-order valence-electron chi connectivity index (χ4n) is 1.79. The lowest BCUT2D eigenvalue weighted by atomic mass is 10.1. The van der Waals surface area contributed by atoms with Gasteiger partial charge in [0, 0.05) is 6.92 Å². The first-order valence-corrected chi connectivity index (χ1v) is 7.49. The zero-order valence-corrected chi connectivity index (χ0v) is 13.7. The number of aliphatic carboxylic acids is 1. The third kappa shape index (κ3) is 8.77. The molecule has 0 aromatic carbocycles. The number of carboxylic acid groups (broad SMARTS) is 1. The number of carbonyl (C=O) groups excluding carboxylic acids is 3. The van der Waals surface area contributed by atoms with E-state index >= 15 is 0 Å². The molecule has 0 fully saturated rings. The minimum atomic E-state index is -1.17. The Labute approximate surface area is 135 Å². The first-order valence-electron chi connectivity index (χ1n) is 7.49. The van der Waals surface area contributed by atoms with Gasteiger partial charge < -0.3 is 26.8 Å². The quantitative estimate of drug-likeness (QED) is 0.315. The summed E-state index contributed by atoms with van der Waals surface area (Å²) in [5.74, 6) is -2.64. The van der Waals surface area contributed by atoms with Crippen LogP contribution in [0.15, 0.2) is 0 Å². The largest absolute Gasteiger partial charge is 0.480 e. The number of hydrogen-bond donors (Lipinski definition) is 5. The molecule has 3 amide bonds. The SMILES string of the molecule is CC(=O)N[C@H](CCCCN)C(=O)N[C@@H](C)C(=O)N[C@H](C)C(=O)O. The van der Waals surface area contributed by atoms with E-state index in [9.17, 15) is 19.2 Å². The van der Waals surface area contributed by atoms with Gasteiger partial charge in [0.2, 0.25) is 17.7 Å². The molecule has 23 heavy (non-hydrogen) atoms. The third-order valence-electron chi connectivity index (χ3n) is 3.12. The highest BCUT2D eigenvalue weighted by atomic mass is 16.4. The van der Waals surface area contributed by atoms with Gasteiger partial charge in [-0.05, 0) is 39.7 Å². The smallest absolute Gasteiger partial charge is 0.325 e. The minimum Gasteiger partial charge on any atom is -0.480 e. The average molecular weight is 330 g/mol. The molecule has 0 saturated heterocycles. The van der Waals surface area contributed by atoms with Gasteiger partial charge in [-0.1, -0.05) is 0 Å². The molecule has 9 nitrogen and oxygen atoms in total. The van der Waals surface area contributed by atoms with E-state index < -0.39 is 35.9 Å². The van der Waals surface area contributed by atoms with Crippen molar-refractivity contribution in [2.75, 3.05) is 6.54 Å². The number of rotatable bonds is 10. The topological polar surface area (TPSA) is 151 Å². The molecule has 0 aliphatic heterocycles. The third-order valence-corrected chi connectivity index (χ3v) is 3.12. The van der Waals surface area contributed by atoms with E-state index in [1.165, 1.54) is 20.8 Å². The van der Waals surface area contributed by atoms with Crippen molar-refractivity contribution >= 4 is 23.7 Å². The number of unbranched alkanes of at least 4 members (excludes halogenated alkanes) is 1. The lowest BCUT2D eigenvalue weighted by Crippen LogP contribution is -2.54. The molecule has 132 valence electrons. The summed E-state index contributed by atoms with van der Waals surface area (Å²) in [6.07, 6.45) is 1.78. The highest BCUT2D eigenvalue weighted by Gasteiger charge is 2.24. The normalized spacial score (nSPS) is 14.3. The van der Waals surface area contributed by atoms with E-state index in [1.807, 2.05) is 0 Å². The lowest BCUT2D eigenvalue weighted by Gasteiger charge is -2.21. The van der Waals surface area contributed by atoms with E-state index in [4.69, 9.17) is 10.8 Å². The van der Waals surface area contributed by atoms with Crippen LogP contribution in [0.5, 0.6) is 0 Å². The van der Waals surface area contributed by atoms with Gasteiger partial charge in [-0.15, -0.1) is 0 Å². The van der Waals surface area contributed by atoms with Crippen molar-refractivity contribution in [3.05, 3.63) is 0 Å². The number of nitrogens with one attached hydrogen (secondary N) is 3. The zero-order valence-electron chi connectivity index (χ0n) is 13.7. The molecule has 0 saturated carbocycles. The molecule has 0 aromatic rings. The van der Waals surface area contributed by atoms with Crippen molar-refractivity contribution in [2.45, 2.75) is 58.2 Å². The number of carboxylic acids is 1. The summed E-state index contributed by atoms with van der Waals surface area (Å²) in [7, 11) is 0. The summed E-state index contributed by atoms with van der Waals surface area (Å²) in [4.78, 5) is 45.8. The second-order valence-electron chi connectivity index (χ2n) is 5.34. The first-order chi connectivity index (χ1) is 10.7. The summed E-state index contributed by atoms with van der Waals surface area (Å²) >= 11 is 0. The Bertz CT molecular complexity index is 441. The highest BCUT2D eigenvalue weighted by molar-refractivity contribution is 5.92. The van der Waals surface area contributed by atoms with Crippen molar-refractivity contribution in [1.29, 1.82) is 0 Å². The second kappa shape index (κ2) is 10.5. The summed E-state index contributed by atoms with van der Waals surface area (Å²) in [5, 5.41) is 16.0. The van der Waals surface area contributed by atoms with Crippen LogP contribution in [0.4, 0.5) is 0 Å². The van der Waals surface area contributed by atoms with E-state index in [0.29, 0.717) is 19.4 Å². The fourth-order valence-corrected chi connectivity index (χ4v) is 1.79. The van der Waals surface area contributed by atoms with Gasteiger partial charge in [-0.2, -0.15) is 0 Å². The molecule has 0 aromatic heterocycles. The Morgan fingerprint density at radius 3 is 2.00 bits per heavy atom. The molecular formula is C14H26N4O5. The predicted molar refractivity (Wildman–Crippen MR) is 83.4 cm³/mol. The van der Waals surface area contributed by atoms with Gasteiger partial charge in [0.15, 0.2) is 0 Å². The highest BCUT2D eigenvalue weighted by Crippen LogP contribution is 2.02. The monoisotopic (exact) mass is 330 g/mol. The van der Waals surface area contributed by atoms with Crippen LogP contribution >= 0.6 is 0 Å². The molecule has 0 rings (SSSR count). The van der Waals surface area contributed by atoms with Gasteiger partial charge >= 0.3 is 5.97 Å². The average Bonchev–Trinajstić information content (AvgIpc) is 2.45. The first kappa shape index (κ1) is 20.8. The molecule has 0 spiro atoms. The Morgan fingerprint density at radius 1 is 0.957 bits per heavy atom. The maximum Gasteiger partial charge on any atom is 0.325 e. The van der Waals surface area contributed by atoms with Crippen molar-refractivity contribution in [2.24, 2.45) is 5.73 Å². The van der Waals surface area contributed by atoms with Gasteiger partial charge in [0.25, 0.3) is 0 Å². The molecule has 9 heteroatoms. The second-order valence-corrected chi connectivity index (χ2v) is 5.34. The van der Waals surface area contributed by atoms with E-state index in [0.717, 1.165) is 6.42 Å². The molecule has 3 atom stereocenters. The van der Waals surface area contributed by atoms with Crippen LogP contribution in [0.25, 0.3) is 0 Å². The standard InChI is InChI=1S/C14H26N4O5/c1-8(12(20)17-9(2)14(22)23)16-13(21)11(18-10(3)19)6-4-5-7-15/h8-9,11H,4-7,15H2,1-3H3,(H,16,21)(H,17,20)(H,18,19)(H,22,23)/t8-,9+,11+/m0/s1. The van der Waals surface area contributed by atoms with E-state index in [2.05, 4.69) is 16.0 Å². The molecule has 0 bridgehead atoms. The predicted octanol–water partition coefficient (Wildman–Crippen LogP) is -1.29. The Hall–Kier alpha value is -2.16. The molecule has 0 radical (unpaired) electrons. The van der Waals surface area contributed by atoms with Crippen LogP contribution in [0.1, 0.15) is 40.0 Å². The van der Waals surface area contributed by atoms with Crippen molar-refractivity contribution in [3.8, 4) is 0 Å². The number of hydrogen-bond acceptors (Lipinski definition) is 5. The van der Waals surface area contributed by atoms with Crippen molar-refractivity contribution < 1.29 is 24.3 Å². The van der Waals surface area contributed by atoms with Crippen LogP contribution < -0.4 is 21.7 Å². The Kier molecular flexibility index (Phi) is 9.56. The zero-order chi connectivity index (χ0) is 18.0. The molecular weight excluding hydrogens is 304 g/mol. The lowest BCUT2D eigenvalue weighted by molar-refractivity contribution is -0.141. The van der Waals surface area contributed by atoms with Crippen LogP contribution in [0, 0.1) is 0 Å². The summed E-state index contributed by atoms with van der Waals surface area (Å²) in [5.41, 5.74) is 5.39.